The number of rotatable bonds is 8. The molecule has 100 valence electrons. The number of carbonyl (C=O) groups excluding carboxylic acids is 1. The van der Waals surface area contributed by atoms with Crippen LogP contribution in [0.1, 0.15) is 40.0 Å². The van der Waals surface area contributed by atoms with Gasteiger partial charge in [0.1, 0.15) is 6.61 Å². The lowest BCUT2D eigenvalue weighted by Crippen LogP contribution is -2.16. The van der Waals surface area contributed by atoms with Gasteiger partial charge in [0.15, 0.2) is 5.78 Å². The number of ketones is 1. The van der Waals surface area contributed by atoms with Crippen molar-refractivity contribution in [1.29, 1.82) is 0 Å². The number of Topliss-reactive ketones (excluding diaryl/α,β-unsaturated/α-hetero) is 1. The van der Waals surface area contributed by atoms with Crippen molar-refractivity contribution in [1.82, 2.24) is 0 Å². The van der Waals surface area contributed by atoms with Crippen molar-refractivity contribution in [2.24, 2.45) is 0 Å². The highest BCUT2D eigenvalue weighted by Gasteiger charge is 2.10. The number of allylic oxidation sites excluding steroid dienone is 3. The SMILES string of the molecule is C#C/C=C\C(Cl)=C(/C)C(=O)COC(C)CCCC. The van der Waals surface area contributed by atoms with E-state index in [1.165, 1.54) is 12.2 Å². The summed E-state index contributed by atoms with van der Waals surface area (Å²) in [5.74, 6) is 2.22. The molecule has 0 aliphatic heterocycles. The van der Waals surface area contributed by atoms with Gasteiger partial charge in [0.25, 0.3) is 0 Å². The molecule has 0 N–H and O–H groups in total. The van der Waals surface area contributed by atoms with Gasteiger partial charge in [-0.15, -0.1) is 6.42 Å². The van der Waals surface area contributed by atoms with E-state index in [1.54, 1.807) is 6.92 Å². The molecule has 0 heterocycles. The van der Waals surface area contributed by atoms with E-state index in [1.807, 2.05) is 6.92 Å². The largest absolute Gasteiger partial charge is 0.370 e. The lowest BCUT2D eigenvalue weighted by atomic mass is 10.1. The fourth-order valence-corrected chi connectivity index (χ4v) is 1.45. The molecule has 0 aromatic heterocycles. The Kier molecular flexibility index (Phi) is 9.36. The minimum absolute atomic E-state index is 0.0663. The molecule has 0 aliphatic rings. The van der Waals surface area contributed by atoms with Crippen LogP contribution >= 0.6 is 11.6 Å². The first-order valence-corrected chi connectivity index (χ1v) is 6.54. The standard InChI is InChI=1S/C15H21ClO2/c1-5-7-9-12(3)18-11-15(17)13(4)14(16)10-8-6-2/h2,8,10,12H,5,7,9,11H2,1,3-4H3/b10-8-,14-13-. The highest BCUT2D eigenvalue weighted by Crippen LogP contribution is 2.13. The van der Waals surface area contributed by atoms with Crippen LogP contribution in [0.15, 0.2) is 22.8 Å². The van der Waals surface area contributed by atoms with E-state index >= 15 is 0 Å². The quantitative estimate of drug-likeness (QED) is 0.380. The number of unbranched alkanes of at least 4 members (excludes halogenated alkanes) is 1. The number of halogens is 1. The van der Waals surface area contributed by atoms with Crippen molar-refractivity contribution in [3.8, 4) is 12.3 Å². The molecule has 1 atom stereocenters. The third-order valence-corrected chi connectivity index (χ3v) is 2.97. The molecule has 0 fully saturated rings. The molecule has 3 heteroatoms. The molecule has 0 aromatic carbocycles. The molecule has 0 radical (unpaired) electrons. The number of hydrogen-bond donors (Lipinski definition) is 0. The predicted octanol–water partition coefficient (Wildman–Crippen LogP) is 3.85. The molecule has 0 rings (SSSR count). The van der Waals surface area contributed by atoms with Gasteiger partial charge in [-0.05, 0) is 32.4 Å². The highest BCUT2D eigenvalue weighted by molar-refractivity contribution is 6.33. The molecule has 0 amide bonds. The van der Waals surface area contributed by atoms with E-state index in [-0.39, 0.29) is 18.5 Å². The van der Waals surface area contributed by atoms with Gasteiger partial charge in [0.2, 0.25) is 0 Å². The fourth-order valence-electron chi connectivity index (χ4n) is 1.28. The number of hydrogen-bond acceptors (Lipinski definition) is 2. The monoisotopic (exact) mass is 268 g/mol. The minimum Gasteiger partial charge on any atom is -0.370 e. The number of carbonyl (C=O) groups is 1. The van der Waals surface area contributed by atoms with Gasteiger partial charge in [0.05, 0.1) is 6.10 Å². The van der Waals surface area contributed by atoms with E-state index < -0.39 is 0 Å². The summed E-state index contributed by atoms with van der Waals surface area (Å²) in [6.07, 6.45) is 11.4. The number of ether oxygens (including phenoxy) is 1. The average molecular weight is 269 g/mol. The maximum atomic E-state index is 11.8. The average Bonchev–Trinajstić information content (AvgIpc) is 2.38. The van der Waals surface area contributed by atoms with Crippen LogP contribution in [-0.4, -0.2) is 18.5 Å². The van der Waals surface area contributed by atoms with Crippen LogP contribution in [0, 0.1) is 12.3 Å². The molecule has 0 aromatic rings. The predicted molar refractivity (Wildman–Crippen MR) is 76.5 cm³/mol. The Morgan fingerprint density at radius 3 is 2.78 bits per heavy atom. The van der Waals surface area contributed by atoms with Gasteiger partial charge in [-0.3, -0.25) is 4.79 Å². The van der Waals surface area contributed by atoms with Gasteiger partial charge < -0.3 is 4.74 Å². The van der Waals surface area contributed by atoms with Crippen molar-refractivity contribution in [3.05, 3.63) is 22.8 Å². The van der Waals surface area contributed by atoms with Crippen LogP contribution in [0.2, 0.25) is 0 Å². The van der Waals surface area contributed by atoms with Crippen molar-refractivity contribution in [3.63, 3.8) is 0 Å². The summed E-state index contributed by atoms with van der Waals surface area (Å²) >= 11 is 5.92. The normalized spacial score (nSPS) is 14.2. The maximum absolute atomic E-state index is 11.8. The van der Waals surface area contributed by atoms with Gasteiger partial charge in [-0.2, -0.15) is 0 Å². The van der Waals surface area contributed by atoms with Crippen LogP contribution in [-0.2, 0) is 9.53 Å². The Balaban J connectivity index is 4.25. The second-order valence-corrected chi connectivity index (χ2v) is 4.57. The Morgan fingerprint density at radius 2 is 2.22 bits per heavy atom. The van der Waals surface area contributed by atoms with Gasteiger partial charge in [0, 0.05) is 10.6 Å². The first kappa shape index (κ1) is 17.0. The van der Waals surface area contributed by atoms with Crippen LogP contribution in [0.5, 0.6) is 0 Å². The van der Waals surface area contributed by atoms with Gasteiger partial charge in [-0.1, -0.05) is 37.3 Å². The van der Waals surface area contributed by atoms with Crippen LogP contribution < -0.4 is 0 Å². The lowest BCUT2D eigenvalue weighted by molar-refractivity contribution is -0.121. The first-order valence-electron chi connectivity index (χ1n) is 6.16. The first-order chi connectivity index (χ1) is 8.52. The molecular formula is C15H21ClO2. The molecule has 0 bridgehead atoms. The summed E-state index contributed by atoms with van der Waals surface area (Å²) in [4.78, 5) is 11.8. The summed E-state index contributed by atoms with van der Waals surface area (Å²) in [7, 11) is 0. The van der Waals surface area contributed by atoms with Gasteiger partial charge in [-0.25, -0.2) is 0 Å². The molecule has 2 nitrogen and oxygen atoms in total. The summed E-state index contributed by atoms with van der Waals surface area (Å²) in [5, 5.41) is 0.364. The van der Waals surface area contributed by atoms with E-state index in [9.17, 15) is 4.79 Å². The third-order valence-electron chi connectivity index (χ3n) is 2.57. The third kappa shape index (κ3) is 7.32. The second kappa shape index (κ2) is 9.94. The van der Waals surface area contributed by atoms with Crippen molar-refractivity contribution in [2.75, 3.05) is 6.61 Å². The summed E-state index contributed by atoms with van der Waals surface area (Å²) in [6, 6.07) is 0. The molecule has 0 aliphatic carbocycles. The molecule has 0 saturated carbocycles. The fraction of sp³-hybridized carbons (Fsp3) is 0.533. The van der Waals surface area contributed by atoms with E-state index in [4.69, 9.17) is 22.8 Å². The zero-order valence-electron chi connectivity index (χ0n) is 11.3. The van der Waals surface area contributed by atoms with Crippen LogP contribution in [0.3, 0.4) is 0 Å². The zero-order chi connectivity index (χ0) is 14.0. The summed E-state index contributed by atoms with van der Waals surface area (Å²) < 4.78 is 5.47. The minimum atomic E-state index is -0.106. The highest BCUT2D eigenvalue weighted by atomic mass is 35.5. The zero-order valence-corrected chi connectivity index (χ0v) is 12.1. The molecule has 0 saturated heterocycles. The summed E-state index contributed by atoms with van der Waals surface area (Å²) in [5.41, 5.74) is 0.478. The van der Waals surface area contributed by atoms with Crippen molar-refractivity contribution < 1.29 is 9.53 Å². The van der Waals surface area contributed by atoms with E-state index in [2.05, 4.69) is 12.8 Å². The maximum Gasteiger partial charge on any atom is 0.185 e. The Bertz CT molecular complexity index is 361. The number of terminal acetylenes is 1. The smallest absolute Gasteiger partial charge is 0.185 e. The van der Waals surface area contributed by atoms with E-state index in [0.717, 1.165) is 19.3 Å². The molecule has 18 heavy (non-hydrogen) atoms. The van der Waals surface area contributed by atoms with Gasteiger partial charge >= 0.3 is 0 Å². The second-order valence-electron chi connectivity index (χ2n) is 4.16. The van der Waals surface area contributed by atoms with Crippen molar-refractivity contribution >= 4 is 17.4 Å². The summed E-state index contributed by atoms with van der Waals surface area (Å²) in [6.45, 7) is 5.84. The molecular weight excluding hydrogens is 248 g/mol. The van der Waals surface area contributed by atoms with Crippen molar-refractivity contribution in [2.45, 2.75) is 46.1 Å². The molecule has 0 spiro atoms. The lowest BCUT2D eigenvalue weighted by Gasteiger charge is -2.12. The van der Waals surface area contributed by atoms with Crippen LogP contribution in [0.25, 0.3) is 0 Å². The Hall–Kier alpha value is -1.04. The Morgan fingerprint density at radius 1 is 1.56 bits per heavy atom. The topological polar surface area (TPSA) is 26.3 Å². The Labute approximate surface area is 115 Å². The molecule has 1 unspecified atom stereocenters. The van der Waals surface area contributed by atoms with E-state index in [0.29, 0.717) is 10.6 Å². The van der Waals surface area contributed by atoms with Crippen LogP contribution in [0.4, 0.5) is 0 Å².